The summed E-state index contributed by atoms with van der Waals surface area (Å²) in [5.74, 6) is -0.00347. The third-order valence-electron chi connectivity index (χ3n) is 2.41. The van der Waals surface area contributed by atoms with Gasteiger partial charge in [0.1, 0.15) is 11.9 Å². The molecule has 1 aromatic carbocycles. The van der Waals surface area contributed by atoms with E-state index in [1.807, 2.05) is 0 Å². The van der Waals surface area contributed by atoms with Crippen LogP contribution in [0.4, 0.5) is 0 Å². The molecular formula is C12H17NO5. The normalized spacial score (nSPS) is 13.8. The highest BCUT2D eigenvalue weighted by Crippen LogP contribution is 2.20. The molecule has 6 nitrogen and oxygen atoms in total. The molecule has 0 bridgehead atoms. The lowest BCUT2D eigenvalue weighted by Crippen LogP contribution is -2.27. The monoisotopic (exact) mass is 255 g/mol. The van der Waals surface area contributed by atoms with Gasteiger partial charge in [0.15, 0.2) is 6.61 Å². The Bertz CT molecular complexity index is 379. The summed E-state index contributed by atoms with van der Waals surface area (Å²) in [4.78, 5) is 10.9. The Hall–Kier alpha value is -1.63. The predicted octanol–water partition coefficient (Wildman–Crippen LogP) is -0.409. The van der Waals surface area contributed by atoms with Crippen LogP contribution in [0.2, 0.25) is 0 Å². The van der Waals surface area contributed by atoms with Crippen LogP contribution in [0.15, 0.2) is 24.3 Å². The molecule has 100 valence electrons. The minimum absolute atomic E-state index is 0.0260. The van der Waals surface area contributed by atoms with E-state index in [0.717, 1.165) is 0 Å². The number of carbonyl (C=O) groups excluding carboxylic acids is 1. The minimum atomic E-state index is -1.04. The molecule has 1 aromatic rings. The number of hydrogen-bond acceptors (Lipinski definition) is 6. The summed E-state index contributed by atoms with van der Waals surface area (Å²) in [7, 11) is 1.28. The number of aliphatic hydroxyl groups is 2. The molecule has 0 aromatic heterocycles. The zero-order valence-corrected chi connectivity index (χ0v) is 10.1. The second-order valence-corrected chi connectivity index (χ2v) is 3.68. The molecule has 0 amide bonds. The first kappa shape index (κ1) is 14.4. The van der Waals surface area contributed by atoms with Crippen LogP contribution in [0.3, 0.4) is 0 Å². The molecule has 4 N–H and O–H groups in total. The van der Waals surface area contributed by atoms with Crippen LogP contribution in [0.1, 0.15) is 11.7 Å². The second-order valence-electron chi connectivity index (χ2n) is 3.68. The van der Waals surface area contributed by atoms with Crippen LogP contribution in [-0.4, -0.2) is 42.5 Å². The van der Waals surface area contributed by atoms with Gasteiger partial charge in [-0.1, -0.05) is 12.1 Å². The van der Waals surface area contributed by atoms with E-state index in [9.17, 15) is 15.0 Å². The third-order valence-corrected chi connectivity index (χ3v) is 2.41. The zero-order chi connectivity index (χ0) is 13.5. The maximum atomic E-state index is 10.9. The van der Waals surface area contributed by atoms with Gasteiger partial charge in [0.2, 0.25) is 0 Å². The fourth-order valence-electron chi connectivity index (χ4n) is 1.31. The highest BCUT2D eigenvalue weighted by atomic mass is 16.6. The van der Waals surface area contributed by atoms with Gasteiger partial charge in [-0.25, -0.2) is 4.79 Å². The molecule has 0 aliphatic carbocycles. The maximum Gasteiger partial charge on any atom is 0.343 e. The molecule has 2 unspecified atom stereocenters. The van der Waals surface area contributed by atoms with Gasteiger partial charge in [-0.15, -0.1) is 0 Å². The minimum Gasteiger partial charge on any atom is -0.482 e. The summed E-state index contributed by atoms with van der Waals surface area (Å²) in [6, 6.07) is 6.36. The SMILES string of the molecule is COC(=O)COc1ccc(C(O)C(O)CN)cc1. The molecule has 0 heterocycles. The fraction of sp³-hybridized carbons (Fsp3) is 0.417. The number of aliphatic hydroxyl groups excluding tert-OH is 2. The molecule has 0 aliphatic rings. The van der Waals surface area contributed by atoms with E-state index < -0.39 is 18.2 Å². The zero-order valence-electron chi connectivity index (χ0n) is 10.1. The van der Waals surface area contributed by atoms with Gasteiger partial charge < -0.3 is 25.4 Å². The summed E-state index contributed by atoms with van der Waals surface area (Å²) in [5.41, 5.74) is 5.78. The fourth-order valence-corrected chi connectivity index (χ4v) is 1.31. The van der Waals surface area contributed by atoms with Crippen LogP contribution < -0.4 is 10.5 Å². The lowest BCUT2D eigenvalue weighted by Gasteiger charge is -2.16. The highest BCUT2D eigenvalue weighted by Gasteiger charge is 2.16. The number of hydrogen-bond donors (Lipinski definition) is 3. The smallest absolute Gasteiger partial charge is 0.343 e. The maximum absolute atomic E-state index is 10.9. The van der Waals surface area contributed by atoms with Crippen molar-refractivity contribution < 1.29 is 24.5 Å². The Kier molecular flexibility index (Phi) is 5.57. The number of carbonyl (C=O) groups is 1. The largest absolute Gasteiger partial charge is 0.482 e. The van der Waals surface area contributed by atoms with Gasteiger partial charge in [-0.3, -0.25) is 0 Å². The Morgan fingerprint density at radius 2 is 1.94 bits per heavy atom. The topological polar surface area (TPSA) is 102 Å². The van der Waals surface area contributed by atoms with Crippen molar-refractivity contribution in [2.75, 3.05) is 20.3 Å². The molecular weight excluding hydrogens is 238 g/mol. The highest BCUT2D eigenvalue weighted by molar-refractivity contribution is 5.70. The van der Waals surface area contributed by atoms with E-state index in [-0.39, 0.29) is 13.2 Å². The van der Waals surface area contributed by atoms with Crippen molar-refractivity contribution in [1.29, 1.82) is 0 Å². The van der Waals surface area contributed by atoms with E-state index in [2.05, 4.69) is 4.74 Å². The number of nitrogens with two attached hydrogens (primary N) is 1. The summed E-state index contributed by atoms with van der Waals surface area (Å²) in [6.07, 6.45) is -2.04. The van der Waals surface area contributed by atoms with E-state index in [0.29, 0.717) is 11.3 Å². The van der Waals surface area contributed by atoms with Gasteiger partial charge in [0, 0.05) is 6.54 Å². The first-order valence-corrected chi connectivity index (χ1v) is 5.44. The summed E-state index contributed by atoms with van der Waals surface area (Å²) >= 11 is 0. The van der Waals surface area contributed by atoms with E-state index in [1.54, 1.807) is 24.3 Å². The Morgan fingerprint density at radius 1 is 1.33 bits per heavy atom. The van der Waals surface area contributed by atoms with Crippen molar-refractivity contribution in [3.05, 3.63) is 29.8 Å². The third kappa shape index (κ3) is 3.99. The standard InChI is InChI=1S/C12H17NO5/c1-17-11(15)7-18-9-4-2-8(3-5-9)12(16)10(14)6-13/h2-5,10,12,14,16H,6-7,13H2,1H3. The van der Waals surface area contributed by atoms with Crippen molar-refractivity contribution in [1.82, 2.24) is 0 Å². The van der Waals surface area contributed by atoms with Crippen LogP contribution >= 0.6 is 0 Å². The number of esters is 1. The predicted molar refractivity (Wildman–Crippen MR) is 64.0 cm³/mol. The Labute approximate surface area is 105 Å². The van der Waals surface area contributed by atoms with Gasteiger partial charge in [0.05, 0.1) is 13.2 Å². The van der Waals surface area contributed by atoms with Gasteiger partial charge >= 0.3 is 5.97 Å². The summed E-state index contributed by atoms with van der Waals surface area (Å²) in [5, 5.41) is 19.1. The van der Waals surface area contributed by atoms with E-state index >= 15 is 0 Å². The number of methoxy groups -OCH3 is 1. The van der Waals surface area contributed by atoms with Gasteiger partial charge in [0.25, 0.3) is 0 Å². The molecule has 2 atom stereocenters. The van der Waals surface area contributed by atoms with Crippen molar-refractivity contribution >= 4 is 5.97 Å². The number of benzene rings is 1. The number of rotatable bonds is 6. The van der Waals surface area contributed by atoms with Gasteiger partial charge in [-0.05, 0) is 17.7 Å². The molecule has 0 aliphatic heterocycles. The van der Waals surface area contributed by atoms with Gasteiger partial charge in [-0.2, -0.15) is 0 Å². The van der Waals surface area contributed by atoms with Crippen molar-refractivity contribution in [3.8, 4) is 5.75 Å². The molecule has 0 radical (unpaired) electrons. The molecule has 6 heteroatoms. The average Bonchev–Trinajstić information content (AvgIpc) is 2.43. The van der Waals surface area contributed by atoms with Crippen LogP contribution in [0, 0.1) is 0 Å². The Balaban J connectivity index is 2.59. The van der Waals surface area contributed by atoms with Crippen molar-refractivity contribution in [3.63, 3.8) is 0 Å². The molecule has 1 rings (SSSR count). The molecule has 18 heavy (non-hydrogen) atoms. The quantitative estimate of drug-likeness (QED) is 0.597. The molecule has 0 fully saturated rings. The molecule has 0 saturated heterocycles. The average molecular weight is 255 g/mol. The second kappa shape index (κ2) is 6.95. The van der Waals surface area contributed by atoms with Crippen LogP contribution in [-0.2, 0) is 9.53 Å². The first-order chi connectivity index (χ1) is 8.58. The number of ether oxygens (including phenoxy) is 2. The summed E-state index contributed by atoms with van der Waals surface area (Å²) in [6.45, 7) is -0.203. The van der Waals surface area contributed by atoms with Crippen molar-refractivity contribution in [2.45, 2.75) is 12.2 Å². The van der Waals surface area contributed by atoms with Crippen molar-refractivity contribution in [2.24, 2.45) is 5.73 Å². The lowest BCUT2D eigenvalue weighted by atomic mass is 10.0. The van der Waals surface area contributed by atoms with E-state index in [4.69, 9.17) is 10.5 Å². The molecule has 0 spiro atoms. The van der Waals surface area contributed by atoms with E-state index in [1.165, 1.54) is 7.11 Å². The first-order valence-electron chi connectivity index (χ1n) is 5.44. The lowest BCUT2D eigenvalue weighted by molar-refractivity contribution is -0.142. The van der Waals surface area contributed by atoms with Crippen LogP contribution in [0.25, 0.3) is 0 Å². The Morgan fingerprint density at radius 3 is 2.44 bits per heavy atom. The molecule has 0 saturated carbocycles. The summed E-state index contributed by atoms with van der Waals surface area (Å²) < 4.78 is 9.57. The van der Waals surface area contributed by atoms with Crippen LogP contribution in [0.5, 0.6) is 5.75 Å².